The van der Waals surface area contributed by atoms with Crippen LogP contribution in [0.25, 0.3) is 0 Å². The van der Waals surface area contributed by atoms with Gasteiger partial charge in [0.1, 0.15) is 0 Å². The van der Waals surface area contributed by atoms with Gasteiger partial charge >= 0.3 is 0 Å². The van der Waals surface area contributed by atoms with E-state index in [1.807, 2.05) is 43.3 Å². The smallest absolute Gasteiger partial charge is 0.0577 e. The Labute approximate surface area is 117 Å². The predicted molar refractivity (Wildman–Crippen MR) is 76.1 cm³/mol. The molecule has 0 spiro atoms. The minimum atomic E-state index is -0.206. The first kappa shape index (κ1) is 13.3. The number of aromatic nitrogens is 1. The zero-order valence-corrected chi connectivity index (χ0v) is 11.5. The molecule has 1 atom stereocenters. The van der Waals surface area contributed by atoms with Gasteiger partial charge in [0.05, 0.1) is 11.7 Å². The lowest BCUT2D eigenvalue weighted by molar-refractivity contribution is 0.693. The van der Waals surface area contributed by atoms with E-state index in [9.17, 15) is 0 Å². The second-order valence-electron chi connectivity index (χ2n) is 4.21. The highest BCUT2D eigenvalue weighted by Gasteiger charge is 2.13. The second kappa shape index (κ2) is 5.70. The summed E-state index contributed by atoms with van der Waals surface area (Å²) in [5.74, 6) is 0. The molecule has 2 N–H and O–H groups in total. The maximum atomic E-state index is 6.15. The molecule has 2 aromatic rings. The zero-order valence-electron chi connectivity index (χ0n) is 10.0. The molecule has 2 rings (SSSR count). The van der Waals surface area contributed by atoms with Crippen molar-refractivity contribution in [2.75, 3.05) is 0 Å². The van der Waals surface area contributed by atoms with Gasteiger partial charge in [-0.3, -0.25) is 4.98 Å². The van der Waals surface area contributed by atoms with E-state index >= 15 is 0 Å². The van der Waals surface area contributed by atoms with Crippen molar-refractivity contribution in [1.29, 1.82) is 0 Å². The number of benzene rings is 1. The van der Waals surface area contributed by atoms with Crippen LogP contribution in [0, 0.1) is 6.92 Å². The number of nitrogens with zero attached hydrogens (tertiary/aromatic N) is 1. The van der Waals surface area contributed by atoms with Crippen molar-refractivity contribution < 1.29 is 0 Å². The van der Waals surface area contributed by atoms with Gasteiger partial charge < -0.3 is 5.73 Å². The zero-order chi connectivity index (χ0) is 13.1. The van der Waals surface area contributed by atoms with Crippen molar-refractivity contribution >= 4 is 23.2 Å². The standard InChI is InChI=1S/C14H14Cl2N2/c1-9-4-2-7-14(18-9)13(17)8-10-11(15)5-3-6-12(10)16/h2-7,13H,8,17H2,1H3. The fraction of sp³-hybridized carbons (Fsp3) is 0.214. The summed E-state index contributed by atoms with van der Waals surface area (Å²) in [5.41, 5.74) is 8.83. The lowest BCUT2D eigenvalue weighted by Gasteiger charge is -2.14. The monoisotopic (exact) mass is 280 g/mol. The van der Waals surface area contributed by atoms with Gasteiger partial charge in [-0.15, -0.1) is 0 Å². The summed E-state index contributed by atoms with van der Waals surface area (Å²) in [4.78, 5) is 4.42. The fourth-order valence-corrected chi connectivity index (χ4v) is 2.37. The van der Waals surface area contributed by atoms with Crippen molar-refractivity contribution in [1.82, 2.24) is 4.98 Å². The summed E-state index contributed by atoms with van der Waals surface area (Å²) in [6.45, 7) is 1.94. The topological polar surface area (TPSA) is 38.9 Å². The molecule has 0 aliphatic rings. The first-order chi connectivity index (χ1) is 8.58. The van der Waals surface area contributed by atoms with Gasteiger partial charge in [0.2, 0.25) is 0 Å². The molecule has 94 valence electrons. The number of aryl methyl sites for hydroxylation is 1. The molecule has 0 saturated heterocycles. The largest absolute Gasteiger partial charge is 0.322 e. The average Bonchev–Trinajstić information content (AvgIpc) is 2.34. The van der Waals surface area contributed by atoms with E-state index in [-0.39, 0.29) is 6.04 Å². The molecule has 0 saturated carbocycles. The minimum Gasteiger partial charge on any atom is -0.322 e. The summed E-state index contributed by atoms with van der Waals surface area (Å²) >= 11 is 12.3. The summed E-state index contributed by atoms with van der Waals surface area (Å²) in [6, 6.07) is 11.1. The van der Waals surface area contributed by atoms with Crippen LogP contribution in [0.1, 0.15) is 23.0 Å². The summed E-state index contributed by atoms with van der Waals surface area (Å²) < 4.78 is 0. The molecule has 0 bridgehead atoms. The number of halogens is 2. The predicted octanol–water partition coefficient (Wildman–Crippen LogP) is 3.94. The molecule has 4 heteroatoms. The Hall–Kier alpha value is -1.09. The summed E-state index contributed by atoms with van der Waals surface area (Å²) in [6.07, 6.45) is 0.578. The van der Waals surface area contributed by atoms with E-state index in [4.69, 9.17) is 28.9 Å². The van der Waals surface area contributed by atoms with Crippen LogP contribution >= 0.6 is 23.2 Å². The van der Waals surface area contributed by atoms with E-state index in [1.165, 1.54) is 0 Å². The highest BCUT2D eigenvalue weighted by Crippen LogP contribution is 2.28. The van der Waals surface area contributed by atoms with Gasteiger partial charge in [-0.1, -0.05) is 35.3 Å². The Bertz CT molecular complexity index is 535. The second-order valence-corrected chi connectivity index (χ2v) is 5.03. The Balaban J connectivity index is 2.24. The molecule has 1 heterocycles. The Morgan fingerprint density at radius 2 is 1.72 bits per heavy atom. The SMILES string of the molecule is Cc1cccc(C(N)Cc2c(Cl)cccc2Cl)n1. The maximum Gasteiger partial charge on any atom is 0.0577 e. The number of hydrogen-bond donors (Lipinski definition) is 1. The first-order valence-electron chi connectivity index (χ1n) is 5.70. The highest BCUT2D eigenvalue weighted by atomic mass is 35.5. The Kier molecular flexibility index (Phi) is 4.23. The first-order valence-corrected chi connectivity index (χ1v) is 6.45. The minimum absolute atomic E-state index is 0.206. The molecule has 1 unspecified atom stereocenters. The Morgan fingerprint density at radius 1 is 1.11 bits per heavy atom. The molecular formula is C14H14Cl2N2. The van der Waals surface area contributed by atoms with Crippen LogP contribution < -0.4 is 5.73 Å². The van der Waals surface area contributed by atoms with Gasteiger partial charge in [0.15, 0.2) is 0 Å². The molecule has 0 aliphatic carbocycles. The molecule has 1 aromatic carbocycles. The average molecular weight is 281 g/mol. The van der Waals surface area contributed by atoms with Crippen molar-refractivity contribution in [3.8, 4) is 0 Å². The van der Waals surface area contributed by atoms with E-state index in [2.05, 4.69) is 4.98 Å². The van der Waals surface area contributed by atoms with Crippen molar-refractivity contribution in [2.24, 2.45) is 5.73 Å². The van der Waals surface area contributed by atoms with Gasteiger partial charge in [-0.05, 0) is 43.2 Å². The van der Waals surface area contributed by atoms with E-state index in [1.54, 1.807) is 0 Å². The molecule has 0 amide bonds. The van der Waals surface area contributed by atoms with Gasteiger partial charge in [0.25, 0.3) is 0 Å². The van der Waals surface area contributed by atoms with Gasteiger partial charge in [0, 0.05) is 15.7 Å². The van der Waals surface area contributed by atoms with Crippen LogP contribution in [0.4, 0.5) is 0 Å². The maximum absolute atomic E-state index is 6.15. The van der Waals surface area contributed by atoms with Crippen molar-refractivity contribution in [3.63, 3.8) is 0 Å². The van der Waals surface area contributed by atoms with Crippen molar-refractivity contribution in [2.45, 2.75) is 19.4 Å². The molecule has 0 radical (unpaired) electrons. The molecule has 0 aliphatic heterocycles. The van der Waals surface area contributed by atoms with Crippen molar-refractivity contribution in [3.05, 3.63) is 63.4 Å². The summed E-state index contributed by atoms with van der Waals surface area (Å²) in [7, 11) is 0. The molecular weight excluding hydrogens is 267 g/mol. The number of rotatable bonds is 3. The summed E-state index contributed by atoms with van der Waals surface area (Å²) in [5, 5.41) is 1.29. The third-order valence-corrected chi connectivity index (χ3v) is 3.48. The lowest BCUT2D eigenvalue weighted by Crippen LogP contribution is -2.15. The fourth-order valence-electron chi connectivity index (χ4n) is 1.82. The van der Waals surface area contributed by atoms with Crippen LogP contribution in [-0.4, -0.2) is 4.98 Å². The molecule has 18 heavy (non-hydrogen) atoms. The molecule has 0 fully saturated rings. The lowest BCUT2D eigenvalue weighted by atomic mass is 10.0. The van der Waals surface area contributed by atoms with Gasteiger partial charge in [-0.25, -0.2) is 0 Å². The van der Waals surface area contributed by atoms with Crippen LogP contribution in [-0.2, 0) is 6.42 Å². The molecule has 1 aromatic heterocycles. The van der Waals surface area contributed by atoms with Crippen LogP contribution in [0.5, 0.6) is 0 Å². The Morgan fingerprint density at radius 3 is 2.33 bits per heavy atom. The van der Waals surface area contributed by atoms with E-state index in [0.717, 1.165) is 17.0 Å². The van der Waals surface area contributed by atoms with Crippen LogP contribution in [0.15, 0.2) is 36.4 Å². The van der Waals surface area contributed by atoms with E-state index in [0.29, 0.717) is 16.5 Å². The normalized spacial score (nSPS) is 12.4. The third-order valence-electron chi connectivity index (χ3n) is 2.78. The highest BCUT2D eigenvalue weighted by molar-refractivity contribution is 6.36. The molecule has 2 nitrogen and oxygen atoms in total. The van der Waals surface area contributed by atoms with Crippen LogP contribution in [0.3, 0.4) is 0 Å². The van der Waals surface area contributed by atoms with Gasteiger partial charge in [-0.2, -0.15) is 0 Å². The third kappa shape index (κ3) is 3.02. The number of nitrogens with two attached hydrogens (primary N) is 1. The van der Waals surface area contributed by atoms with E-state index < -0.39 is 0 Å². The van der Waals surface area contributed by atoms with Crippen LogP contribution in [0.2, 0.25) is 10.0 Å². The number of hydrogen-bond acceptors (Lipinski definition) is 2. The quantitative estimate of drug-likeness (QED) is 0.925. The number of pyridine rings is 1.